The van der Waals surface area contributed by atoms with Crippen LogP contribution in [0.1, 0.15) is 10.0 Å². The van der Waals surface area contributed by atoms with Crippen molar-refractivity contribution in [3.8, 4) is 0 Å². The third-order valence-corrected chi connectivity index (χ3v) is 2.49. The first-order valence-electron chi connectivity index (χ1n) is 4.03. The highest BCUT2D eigenvalue weighted by atomic mass is 32.1. The molecule has 0 aliphatic heterocycles. The molecule has 0 spiro atoms. The topological polar surface area (TPSA) is 46.1 Å². The summed E-state index contributed by atoms with van der Waals surface area (Å²) >= 11 is 1.49. The van der Waals surface area contributed by atoms with Gasteiger partial charge in [-0.05, 0) is 14.1 Å². The number of rotatable bonds is 5. The first-order chi connectivity index (χ1) is 6.22. The van der Waals surface area contributed by atoms with Gasteiger partial charge in [-0.1, -0.05) is 0 Å². The molecule has 71 valence electrons. The normalized spacial score (nSPS) is 10.7. The summed E-state index contributed by atoms with van der Waals surface area (Å²) < 4.78 is 0. The van der Waals surface area contributed by atoms with Gasteiger partial charge in [-0.25, -0.2) is 0 Å². The maximum Gasteiger partial charge on any atom is 0.205 e. The fourth-order valence-electron chi connectivity index (χ4n) is 0.842. The largest absolute Gasteiger partial charge is 0.309 e. The van der Waals surface area contributed by atoms with E-state index in [2.05, 4.69) is 15.1 Å². The van der Waals surface area contributed by atoms with Crippen LogP contribution in [0.2, 0.25) is 0 Å². The van der Waals surface area contributed by atoms with Gasteiger partial charge in [0.2, 0.25) is 6.29 Å². The average molecular weight is 198 g/mol. The third kappa shape index (κ3) is 3.61. The maximum atomic E-state index is 10.1. The standard InChI is InChI=1S/C8H12N3OS/c1-11(2)5-3-7-9-10-8(13-7)4-6-12/h3-5H2,1-2H3. The summed E-state index contributed by atoms with van der Waals surface area (Å²) in [5, 5.41) is 9.58. The Balaban J connectivity index is 2.44. The van der Waals surface area contributed by atoms with E-state index in [-0.39, 0.29) is 6.42 Å². The number of carbonyl (C=O) groups excluding carboxylic acids is 1. The molecule has 0 fully saturated rings. The highest BCUT2D eigenvalue weighted by molar-refractivity contribution is 7.11. The number of hydrogen-bond acceptors (Lipinski definition) is 5. The van der Waals surface area contributed by atoms with Crippen molar-refractivity contribution in [1.29, 1.82) is 0 Å². The van der Waals surface area contributed by atoms with Crippen LogP contribution in [-0.2, 0) is 17.6 Å². The van der Waals surface area contributed by atoms with Gasteiger partial charge < -0.3 is 4.90 Å². The molecule has 0 saturated heterocycles. The van der Waals surface area contributed by atoms with Crippen LogP contribution in [0, 0.1) is 0 Å². The van der Waals surface area contributed by atoms with E-state index in [4.69, 9.17) is 0 Å². The molecule has 0 amide bonds. The van der Waals surface area contributed by atoms with Gasteiger partial charge in [0.05, 0.1) is 6.42 Å². The van der Waals surface area contributed by atoms with Crippen molar-refractivity contribution in [2.75, 3.05) is 20.6 Å². The predicted molar refractivity (Wildman–Crippen MR) is 51.6 cm³/mol. The summed E-state index contributed by atoms with van der Waals surface area (Å²) in [5.41, 5.74) is 0. The molecule has 0 bridgehead atoms. The lowest BCUT2D eigenvalue weighted by atomic mass is 10.4. The minimum Gasteiger partial charge on any atom is -0.309 e. The van der Waals surface area contributed by atoms with Gasteiger partial charge in [0.15, 0.2) is 0 Å². The summed E-state index contributed by atoms with van der Waals surface area (Å²) in [6.45, 7) is 0.958. The molecule has 0 aliphatic rings. The molecule has 1 radical (unpaired) electrons. The van der Waals surface area contributed by atoms with E-state index in [1.807, 2.05) is 20.4 Å². The molecule has 0 N–H and O–H groups in total. The second-order valence-electron chi connectivity index (χ2n) is 2.96. The molecule has 0 aromatic carbocycles. The molecule has 5 heteroatoms. The first kappa shape index (κ1) is 10.3. The molecule has 13 heavy (non-hydrogen) atoms. The van der Waals surface area contributed by atoms with Gasteiger partial charge >= 0.3 is 0 Å². The Labute approximate surface area is 81.6 Å². The number of nitrogens with zero attached hydrogens (tertiary/aromatic N) is 3. The Morgan fingerprint density at radius 3 is 2.69 bits per heavy atom. The van der Waals surface area contributed by atoms with Crippen LogP contribution in [0.15, 0.2) is 0 Å². The van der Waals surface area contributed by atoms with Crippen molar-refractivity contribution >= 4 is 17.6 Å². The average Bonchev–Trinajstić information content (AvgIpc) is 2.50. The van der Waals surface area contributed by atoms with Crippen LogP contribution < -0.4 is 0 Å². The van der Waals surface area contributed by atoms with Gasteiger partial charge in [0.1, 0.15) is 10.0 Å². The summed E-state index contributed by atoms with van der Waals surface area (Å²) in [6.07, 6.45) is 2.97. The van der Waals surface area contributed by atoms with E-state index in [0.29, 0.717) is 0 Å². The second-order valence-corrected chi connectivity index (χ2v) is 4.11. The third-order valence-electron chi connectivity index (χ3n) is 1.50. The Morgan fingerprint density at radius 1 is 1.38 bits per heavy atom. The molecule has 1 rings (SSSR count). The molecular weight excluding hydrogens is 186 g/mol. The highest BCUT2D eigenvalue weighted by Crippen LogP contribution is 2.10. The van der Waals surface area contributed by atoms with Crippen LogP contribution in [0.3, 0.4) is 0 Å². The van der Waals surface area contributed by atoms with Gasteiger partial charge in [-0.2, -0.15) is 0 Å². The monoisotopic (exact) mass is 198 g/mol. The molecule has 0 aliphatic carbocycles. The zero-order valence-corrected chi connectivity index (χ0v) is 8.60. The van der Waals surface area contributed by atoms with Crippen molar-refractivity contribution in [2.24, 2.45) is 0 Å². The van der Waals surface area contributed by atoms with E-state index >= 15 is 0 Å². The molecule has 4 nitrogen and oxygen atoms in total. The van der Waals surface area contributed by atoms with E-state index in [1.54, 1.807) is 0 Å². The SMILES string of the molecule is CN(C)CCc1nnc(C[C]=O)s1. The van der Waals surface area contributed by atoms with Crippen molar-refractivity contribution < 1.29 is 4.79 Å². The van der Waals surface area contributed by atoms with Gasteiger partial charge in [0.25, 0.3) is 0 Å². The fourth-order valence-corrected chi connectivity index (χ4v) is 1.60. The number of likely N-dealkylation sites (N-methyl/N-ethyl adjacent to an activating group) is 1. The number of aromatic nitrogens is 2. The van der Waals surface area contributed by atoms with Crippen molar-refractivity contribution in [2.45, 2.75) is 12.8 Å². The van der Waals surface area contributed by atoms with Gasteiger partial charge in [0, 0.05) is 13.0 Å². The zero-order valence-electron chi connectivity index (χ0n) is 7.78. The molecule has 0 saturated carbocycles. The van der Waals surface area contributed by atoms with Crippen molar-refractivity contribution in [1.82, 2.24) is 15.1 Å². The Bertz CT molecular complexity index is 272. The van der Waals surface area contributed by atoms with Crippen LogP contribution in [-0.4, -0.2) is 42.0 Å². The van der Waals surface area contributed by atoms with E-state index in [1.165, 1.54) is 11.3 Å². The smallest absolute Gasteiger partial charge is 0.205 e. The van der Waals surface area contributed by atoms with E-state index in [0.717, 1.165) is 23.0 Å². The van der Waals surface area contributed by atoms with E-state index < -0.39 is 0 Å². The molecule has 1 aromatic rings. The molecular formula is C8H12N3OS. The minimum atomic E-state index is 0.264. The summed E-state index contributed by atoms with van der Waals surface area (Å²) in [6, 6.07) is 0. The second kappa shape index (κ2) is 5.04. The maximum absolute atomic E-state index is 10.1. The highest BCUT2D eigenvalue weighted by Gasteiger charge is 2.03. The Hall–Kier alpha value is -0.810. The van der Waals surface area contributed by atoms with Gasteiger partial charge in [-0.15, -0.1) is 21.5 Å². The minimum absolute atomic E-state index is 0.264. The molecule has 1 aromatic heterocycles. The van der Waals surface area contributed by atoms with Crippen LogP contribution in [0.5, 0.6) is 0 Å². The molecule has 1 heterocycles. The predicted octanol–water partition coefficient (Wildman–Crippen LogP) is 0.294. The Morgan fingerprint density at radius 2 is 2.08 bits per heavy atom. The van der Waals surface area contributed by atoms with Crippen LogP contribution in [0.25, 0.3) is 0 Å². The first-order valence-corrected chi connectivity index (χ1v) is 4.85. The Kier molecular flexibility index (Phi) is 3.98. The quantitative estimate of drug-likeness (QED) is 0.682. The summed E-state index contributed by atoms with van der Waals surface area (Å²) in [4.78, 5) is 12.1. The van der Waals surface area contributed by atoms with Gasteiger partial charge in [-0.3, -0.25) is 4.79 Å². The van der Waals surface area contributed by atoms with Crippen molar-refractivity contribution in [3.05, 3.63) is 10.0 Å². The van der Waals surface area contributed by atoms with Crippen molar-refractivity contribution in [3.63, 3.8) is 0 Å². The lowest BCUT2D eigenvalue weighted by molar-refractivity contribution is 0.413. The van der Waals surface area contributed by atoms with Crippen LogP contribution in [0.4, 0.5) is 0 Å². The van der Waals surface area contributed by atoms with E-state index in [9.17, 15) is 4.79 Å². The number of hydrogen-bond donors (Lipinski definition) is 0. The zero-order chi connectivity index (χ0) is 9.68. The lowest BCUT2D eigenvalue weighted by Crippen LogP contribution is -2.14. The lowest BCUT2D eigenvalue weighted by Gasteiger charge is -2.05. The molecule has 0 unspecified atom stereocenters. The fraction of sp³-hybridized carbons (Fsp3) is 0.625. The van der Waals surface area contributed by atoms with Crippen LogP contribution >= 0.6 is 11.3 Å². The summed E-state index contributed by atoms with van der Waals surface area (Å²) in [7, 11) is 4.03. The summed E-state index contributed by atoms with van der Waals surface area (Å²) in [5.74, 6) is 0. The molecule has 0 atom stereocenters.